The monoisotopic (exact) mass is 312 g/mol. The number of amides is 1. The fraction of sp³-hybridized carbons (Fsp3) is 0. The molecule has 0 saturated carbocycles. The van der Waals surface area contributed by atoms with Crippen LogP contribution in [0.2, 0.25) is 0 Å². The molecule has 0 aliphatic carbocycles. The number of carbonyl (C=O) groups is 1. The Bertz CT molecular complexity index is 797. The van der Waals surface area contributed by atoms with Crippen molar-refractivity contribution >= 4 is 27.9 Å². The topological polar surface area (TPSA) is 55.1 Å². The van der Waals surface area contributed by atoms with Gasteiger partial charge in [0.15, 0.2) is 0 Å². The number of rotatable bonds is 3. The van der Waals surface area contributed by atoms with Crippen LogP contribution in [0.1, 0.15) is 10.4 Å². The van der Waals surface area contributed by atoms with Gasteiger partial charge in [-0.15, -0.1) is 11.3 Å². The van der Waals surface area contributed by atoms with Crippen molar-refractivity contribution in [2.45, 2.75) is 0 Å². The van der Waals surface area contributed by atoms with Crippen LogP contribution < -0.4 is 11.1 Å². The van der Waals surface area contributed by atoms with Gasteiger partial charge in [0.25, 0.3) is 5.91 Å². The number of hydrogen-bond acceptors (Lipinski definition) is 3. The molecule has 0 spiro atoms. The Morgan fingerprint density at radius 3 is 2.41 bits per heavy atom. The van der Waals surface area contributed by atoms with Gasteiger partial charge in [0.05, 0.1) is 10.6 Å². The molecule has 0 unspecified atom stereocenters. The van der Waals surface area contributed by atoms with Gasteiger partial charge in [0, 0.05) is 10.6 Å². The van der Waals surface area contributed by atoms with Gasteiger partial charge < -0.3 is 11.1 Å². The molecule has 3 nitrogen and oxygen atoms in total. The number of carbonyl (C=O) groups excluding carboxylic acids is 1. The largest absolute Gasteiger partial charge is 0.390 e. The second-order valence-electron chi connectivity index (χ2n) is 4.72. The lowest BCUT2D eigenvalue weighted by atomic mass is 10.1. The first-order chi connectivity index (χ1) is 10.6. The normalized spacial score (nSPS) is 10.4. The van der Waals surface area contributed by atoms with Gasteiger partial charge in [-0.1, -0.05) is 30.3 Å². The number of hydrogen-bond donors (Lipinski definition) is 2. The molecule has 3 rings (SSSR count). The van der Waals surface area contributed by atoms with Crippen molar-refractivity contribution in [1.82, 2.24) is 0 Å². The van der Waals surface area contributed by atoms with Crippen LogP contribution in [0.3, 0.4) is 0 Å². The number of benzene rings is 2. The Morgan fingerprint density at radius 2 is 1.73 bits per heavy atom. The van der Waals surface area contributed by atoms with Crippen molar-refractivity contribution < 1.29 is 9.18 Å². The maximum absolute atomic E-state index is 12.9. The number of anilines is 2. The zero-order chi connectivity index (χ0) is 15.5. The second-order valence-corrected chi connectivity index (χ2v) is 5.80. The smallest absolute Gasteiger partial charge is 0.258 e. The van der Waals surface area contributed by atoms with Crippen LogP contribution in [0.4, 0.5) is 15.1 Å². The molecule has 1 amide bonds. The van der Waals surface area contributed by atoms with E-state index in [-0.39, 0.29) is 11.7 Å². The molecular formula is C17H13FN2OS. The minimum atomic E-state index is -0.348. The van der Waals surface area contributed by atoms with Gasteiger partial charge in [0.2, 0.25) is 0 Å². The molecule has 3 aromatic rings. The Balaban J connectivity index is 1.84. The molecule has 0 bridgehead atoms. The summed E-state index contributed by atoms with van der Waals surface area (Å²) in [6.07, 6.45) is 0. The summed E-state index contributed by atoms with van der Waals surface area (Å²) in [5, 5.41) is 3.17. The highest BCUT2D eigenvalue weighted by Crippen LogP contribution is 2.33. The van der Waals surface area contributed by atoms with Gasteiger partial charge in [-0.25, -0.2) is 4.39 Å². The van der Waals surface area contributed by atoms with Crippen LogP contribution in [0.25, 0.3) is 10.4 Å². The molecule has 1 aromatic heterocycles. The summed E-state index contributed by atoms with van der Waals surface area (Å²) < 4.78 is 12.9. The molecule has 5 heteroatoms. The number of thiophene rings is 1. The molecule has 0 radical (unpaired) electrons. The van der Waals surface area contributed by atoms with E-state index in [0.29, 0.717) is 16.3 Å². The van der Waals surface area contributed by atoms with Crippen molar-refractivity contribution in [1.29, 1.82) is 0 Å². The van der Waals surface area contributed by atoms with Crippen molar-refractivity contribution in [3.8, 4) is 10.4 Å². The maximum Gasteiger partial charge on any atom is 0.258 e. The predicted molar refractivity (Wildman–Crippen MR) is 88.5 cm³/mol. The number of nitrogen functional groups attached to an aromatic ring is 1. The Labute approximate surface area is 131 Å². The van der Waals surface area contributed by atoms with Gasteiger partial charge in [-0.3, -0.25) is 4.79 Å². The minimum Gasteiger partial charge on any atom is -0.390 e. The van der Waals surface area contributed by atoms with E-state index < -0.39 is 0 Å². The van der Waals surface area contributed by atoms with Crippen molar-refractivity contribution in [2.75, 3.05) is 11.1 Å². The Kier molecular flexibility index (Phi) is 3.89. The molecule has 110 valence electrons. The van der Waals surface area contributed by atoms with Crippen LogP contribution >= 0.6 is 11.3 Å². The standard InChI is InChI=1S/C17H13FN2OS/c18-12-6-8-13(9-7-12)20-17(21)14-10-15(22-16(14)19)11-4-2-1-3-5-11/h1-10H,19H2,(H,20,21). The molecular weight excluding hydrogens is 299 g/mol. The molecule has 0 atom stereocenters. The third-order valence-corrected chi connectivity index (χ3v) is 4.18. The summed E-state index contributed by atoms with van der Waals surface area (Å²) in [4.78, 5) is 13.2. The van der Waals surface area contributed by atoms with E-state index in [0.717, 1.165) is 10.4 Å². The van der Waals surface area contributed by atoms with Crippen LogP contribution in [-0.2, 0) is 0 Å². The van der Waals surface area contributed by atoms with Gasteiger partial charge >= 0.3 is 0 Å². The maximum atomic E-state index is 12.9. The summed E-state index contributed by atoms with van der Waals surface area (Å²) in [5.41, 5.74) is 7.92. The second kappa shape index (κ2) is 5.99. The van der Waals surface area contributed by atoms with Crippen LogP contribution in [0.5, 0.6) is 0 Å². The van der Waals surface area contributed by atoms with Gasteiger partial charge in [-0.2, -0.15) is 0 Å². The van der Waals surface area contributed by atoms with Crippen LogP contribution in [0.15, 0.2) is 60.7 Å². The van der Waals surface area contributed by atoms with E-state index in [1.807, 2.05) is 30.3 Å². The molecule has 0 aliphatic rings. The van der Waals surface area contributed by atoms with E-state index in [2.05, 4.69) is 5.32 Å². The average molecular weight is 312 g/mol. The van der Waals surface area contributed by atoms with Crippen molar-refractivity contribution in [3.63, 3.8) is 0 Å². The van der Waals surface area contributed by atoms with Crippen LogP contribution in [0, 0.1) is 5.82 Å². The number of halogens is 1. The highest BCUT2D eigenvalue weighted by molar-refractivity contribution is 7.19. The lowest BCUT2D eigenvalue weighted by molar-refractivity contribution is 0.102. The van der Waals surface area contributed by atoms with Crippen molar-refractivity contribution in [3.05, 3.63) is 72.0 Å². The zero-order valence-electron chi connectivity index (χ0n) is 11.5. The van der Waals surface area contributed by atoms with E-state index in [9.17, 15) is 9.18 Å². The first kappa shape index (κ1) is 14.3. The van der Waals surface area contributed by atoms with E-state index in [1.54, 1.807) is 6.07 Å². The summed E-state index contributed by atoms with van der Waals surface area (Å²) in [5.74, 6) is -0.651. The highest BCUT2D eigenvalue weighted by atomic mass is 32.1. The third-order valence-electron chi connectivity index (χ3n) is 3.17. The molecule has 0 saturated heterocycles. The number of nitrogens with two attached hydrogens (primary N) is 1. The van der Waals surface area contributed by atoms with Gasteiger partial charge in [0.1, 0.15) is 5.82 Å². The Hall–Kier alpha value is -2.66. The van der Waals surface area contributed by atoms with Gasteiger partial charge in [-0.05, 0) is 35.9 Å². The zero-order valence-corrected chi connectivity index (χ0v) is 12.4. The summed E-state index contributed by atoms with van der Waals surface area (Å²) in [6, 6.07) is 17.1. The molecule has 2 aromatic carbocycles. The van der Waals surface area contributed by atoms with E-state index in [4.69, 9.17) is 5.73 Å². The van der Waals surface area contributed by atoms with E-state index >= 15 is 0 Å². The quantitative estimate of drug-likeness (QED) is 0.753. The lowest BCUT2D eigenvalue weighted by Gasteiger charge is -2.04. The molecule has 1 heterocycles. The van der Waals surface area contributed by atoms with Crippen LogP contribution in [-0.4, -0.2) is 5.91 Å². The fourth-order valence-corrected chi connectivity index (χ4v) is 2.99. The first-order valence-electron chi connectivity index (χ1n) is 6.65. The lowest BCUT2D eigenvalue weighted by Crippen LogP contribution is -2.12. The molecule has 0 aliphatic heterocycles. The Morgan fingerprint density at radius 1 is 1.05 bits per heavy atom. The SMILES string of the molecule is Nc1sc(-c2ccccc2)cc1C(=O)Nc1ccc(F)cc1. The summed E-state index contributed by atoms with van der Waals surface area (Å²) >= 11 is 1.37. The molecule has 22 heavy (non-hydrogen) atoms. The fourth-order valence-electron chi connectivity index (χ4n) is 2.06. The molecule has 3 N–H and O–H groups in total. The average Bonchev–Trinajstić information content (AvgIpc) is 2.92. The third kappa shape index (κ3) is 2.99. The first-order valence-corrected chi connectivity index (χ1v) is 7.47. The van der Waals surface area contributed by atoms with E-state index in [1.165, 1.54) is 35.6 Å². The number of nitrogens with one attached hydrogen (secondary N) is 1. The minimum absolute atomic E-state index is 0.303. The molecule has 0 fully saturated rings. The van der Waals surface area contributed by atoms with Crippen molar-refractivity contribution in [2.24, 2.45) is 0 Å². The summed E-state index contributed by atoms with van der Waals surface area (Å²) in [6.45, 7) is 0. The predicted octanol–water partition coefficient (Wildman–Crippen LogP) is 4.39. The highest BCUT2D eigenvalue weighted by Gasteiger charge is 2.15. The summed E-state index contributed by atoms with van der Waals surface area (Å²) in [7, 11) is 0.